The smallest absolute Gasteiger partial charge is 0.360 e. The summed E-state index contributed by atoms with van der Waals surface area (Å²) >= 11 is 0. The number of aromatic hydroxyl groups is 2. The van der Waals surface area contributed by atoms with E-state index in [1.807, 2.05) is 0 Å². The highest BCUT2D eigenvalue weighted by Crippen LogP contribution is 2.20. The first-order valence-electron chi connectivity index (χ1n) is 6.05. The van der Waals surface area contributed by atoms with Gasteiger partial charge in [-0.2, -0.15) is 0 Å². The second-order valence-corrected chi connectivity index (χ2v) is 4.20. The van der Waals surface area contributed by atoms with Crippen LogP contribution in [0.4, 0.5) is 5.69 Å². The predicted octanol–water partition coefficient (Wildman–Crippen LogP) is 1.99. The molecule has 7 heteroatoms. The van der Waals surface area contributed by atoms with Gasteiger partial charge in [-0.1, -0.05) is 18.2 Å². The number of nitrogens with two attached hydrogens (primary N) is 1. The lowest BCUT2D eigenvalue weighted by Crippen LogP contribution is -1.96. The minimum atomic E-state index is -0.647. The molecule has 1 amide bonds. The number of carbonyl (C=O) groups is 1. The number of hydrogen-bond acceptors (Lipinski definition) is 5. The lowest BCUT2D eigenvalue weighted by Gasteiger charge is -1.97. The van der Waals surface area contributed by atoms with Crippen molar-refractivity contribution < 1.29 is 15.0 Å². The van der Waals surface area contributed by atoms with Crippen LogP contribution >= 0.6 is 0 Å². The van der Waals surface area contributed by atoms with Gasteiger partial charge in [-0.05, 0) is 24.3 Å². The quantitative estimate of drug-likeness (QED) is 0.345. The van der Waals surface area contributed by atoms with Crippen LogP contribution in [0, 0.1) is 0 Å². The van der Waals surface area contributed by atoms with Gasteiger partial charge in [0.05, 0.1) is 11.3 Å². The summed E-state index contributed by atoms with van der Waals surface area (Å²) in [5.74, 6) is -0.736. The van der Waals surface area contributed by atoms with Crippen LogP contribution in [0.5, 0.6) is 11.5 Å². The Kier molecular flexibility index (Phi) is 4.28. The minimum Gasteiger partial charge on any atom is -0.508 e. The van der Waals surface area contributed by atoms with Crippen LogP contribution in [0.1, 0.15) is 15.9 Å². The molecule has 0 atom stereocenters. The summed E-state index contributed by atoms with van der Waals surface area (Å²) in [6, 6.07) is 10.7. The topological polar surface area (TPSA) is 122 Å². The number of para-hydroxylation sites is 1. The monoisotopic (exact) mass is 285 g/mol. The van der Waals surface area contributed by atoms with Gasteiger partial charge < -0.3 is 15.9 Å². The van der Waals surface area contributed by atoms with Crippen molar-refractivity contribution in [1.29, 1.82) is 0 Å². The number of anilines is 1. The van der Waals surface area contributed by atoms with E-state index >= 15 is 0 Å². The molecule has 0 heterocycles. The molecule has 0 fully saturated rings. The van der Waals surface area contributed by atoms with Crippen molar-refractivity contribution in [2.75, 3.05) is 5.73 Å². The average Bonchev–Trinajstić information content (AvgIpc) is 2.48. The molecule has 4 N–H and O–H groups in total. The van der Waals surface area contributed by atoms with Crippen molar-refractivity contribution in [3.63, 3.8) is 0 Å². The van der Waals surface area contributed by atoms with Crippen LogP contribution in [-0.2, 0) is 6.54 Å². The maximum atomic E-state index is 11.7. The van der Waals surface area contributed by atoms with E-state index in [1.165, 1.54) is 24.3 Å². The molecule has 0 saturated carbocycles. The van der Waals surface area contributed by atoms with Crippen molar-refractivity contribution in [3.05, 3.63) is 53.6 Å². The first-order chi connectivity index (χ1) is 10.1. The van der Waals surface area contributed by atoms with Gasteiger partial charge in [-0.25, -0.2) is 0 Å². The molecular weight excluding hydrogens is 272 g/mol. The number of amides is 1. The van der Waals surface area contributed by atoms with Crippen molar-refractivity contribution in [2.24, 2.45) is 10.2 Å². The number of nitrogen functional groups attached to an aromatic ring is 1. The molecule has 0 saturated heterocycles. The van der Waals surface area contributed by atoms with Gasteiger partial charge in [0.1, 0.15) is 16.6 Å². The fourth-order valence-electron chi connectivity index (χ4n) is 1.56. The standard InChI is InChI=1S/C14H12N4O3/c15-11-6-5-9(7-13(11)20)14(21)17-18-16-8-10-3-1-2-4-12(10)19/h1-7,15H,8H2,(H2,16,17,19,21)/p+1. The van der Waals surface area contributed by atoms with E-state index in [-0.39, 0.29) is 29.3 Å². The molecular formula is C14H13N4O3+. The number of phenols is 2. The first-order valence-corrected chi connectivity index (χ1v) is 6.05. The predicted molar refractivity (Wildman–Crippen MR) is 75.7 cm³/mol. The molecule has 2 rings (SSSR count). The molecule has 0 aliphatic rings. The summed E-state index contributed by atoms with van der Waals surface area (Å²) in [4.78, 5) is 15.1. The van der Waals surface area contributed by atoms with Crippen molar-refractivity contribution in [3.8, 4) is 11.5 Å². The minimum absolute atomic E-state index is 0.103. The van der Waals surface area contributed by atoms with E-state index in [9.17, 15) is 15.0 Å². The largest absolute Gasteiger partial charge is 0.508 e. The SMILES string of the molecule is Nc1ccc(C(=O)N=[N+]=NCc2ccccc2O)cc1O. The van der Waals surface area contributed by atoms with E-state index in [0.29, 0.717) is 5.56 Å². The maximum absolute atomic E-state index is 11.7. The highest BCUT2D eigenvalue weighted by molar-refractivity contribution is 5.95. The van der Waals surface area contributed by atoms with Gasteiger partial charge in [-0.3, -0.25) is 4.79 Å². The number of benzene rings is 2. The molecule has 0 aliphatic carbocycles. The van der Waals surface area contributed by atoms with Crippen LogP contribution in [-0.4, -0.2) is 16.1 Å². The van der Waals surface area contributed by atoms with Crippen LogP contribution in [0.2, 0.25) is 0 Å². The highest BCUT2D eigenvalue weighted by Gasteiger charge is 2.11. The van der Waals surface area contributed by atoms with E-state index in [0.717, 1.165) is 0 Å². The van der Waals surface area contributed by atoms with Crippen molar-refractivity contribution in [1.82, 2.24) is 4.91 Å². The molecule has 0 bridgehead atoms. The molecule has 0 aromatic heterocycles. The van der Waals surface area contributed by atoms with Gasteiger partial charge in [0.15, 0.2) is 6.54 Å². The number of rotatable bonds is 3. The zero-order valence-electron chi connectivity index (χ0n) is 11.0. The molecule has 0 radical (unpaired) electrons. The summed E-state index contributed by atoms with van der Waals surface area (Å²) in [6.07, 6.45) is 0. The number of hydrogen-bond donors (Lipinski definition) is 3. The van der Waals surface area contributed by atoms with Gasteiger partial charge >= 0.3 is 5.91 Å². The van der Waals surface area contributed by atoms with Gasteiger partial charge in [0, 0.05) is 5.56 Å². The zero-order valence-corrected chi connectivity index (χ0v) is 11.0. The number of nitrogens with zero attached hydrogens (tertiary/aromatic N) is 3. The molecule has 0 spiro atoms. The van der Waals surface area contributed by atoms with E-state index in [1.54, 1.807) is 18.2 Å². The van der Waals surface area contributed by atoms with Crippen molar-refractivity contribution in [2.45, 2.75) is 6.54 Å². The number of carbonyl (C=O) groups excluding carboxylic acids is 1. The molecule has 106 valence electrons. The van der Waals surface area contributed by atoms with Gasteiger partial charge in [0.25, 0.3) is 0 Å². The number of phenolic OH excluding ortho intramolecular Hbond substituents is 2. The van der Waals surface area contributed by atoms with Crippen LogP contribution < -0.4 is 10.6 Å². The molecule has 2 aromatic carbocycles. The fraction of sp³-hybridized carbons (Fsp3) is 0.0714. The summed E-state index contributed by atoms with van der Waals surface area (Å²) in [5, 5.41) is 26.0. The molecule has 0 unspecified atom stereocenters. The molecule has 0 aliphatic heterocycles. The second kappa shape index (κ2) is 6.31. The summed E-state index contributed by atoms with van der Waals surface area (Å²) < 4.78 is 0. The van der Waals surface area contributed by atoms with Crippen LogP contribution in [0.3, 0.4) is 0 Å². The Labute approximate surface area is 120 Å². The summed E-state index contributed by atoms with van der Waals surface area (Å²) in [6.45, 7) is 0.108. The Morgan fingerprint density at radius 1 is 1.14 bits per heavy atom. The third kappa shape index (κ3) is 3.65. The van der Waals surface area contributed by atoms with E-state index < -0.39 is 5.91 Å². The second-order valence-electron chi connectivity index (χ2n) is 4.20. The molecule has 2 aromatic rings. The Balaban J connectivity index is 2.06. The van der Waals surface area contributed by atoms with Gasteiger partial charge in [-0.15, -0.1) is 0 Å². The molecule has 21 heavy (non-hydrogen) atoms. The van der Waals surface area contributed by atoms with E-state index in [2.05, 4.69) is 15.1 Å². The highest BCUT2D eigenvalue weighted by atomic mass is 16.3. The van der Waals surface area contributed by atoms with Crippen LogP contribution in [0.15, 0.2) is 52.7 Å². The Morgan fingerprint density at radius 2 is 1.90 bits per heavy atom. The average molecular weight is 285 g/mol. The Hall–Kier alpha value is -3.18. The zero-order chi connectivity index (χ0) is 15.2. The summed E-state index contributed by atoms with van der Waals surface area (Å²) in [5.41, 5.74) is 6.34. The Morgan fingerprint density at radius 3 is 2.62 bits per heavy atom. The van der Waals surface area contributed by atoms with E-state index in [4.69, 9.17) is 5.73 Å². The van der Waals surface area contributed by atoms with Crippen LogP contribution in [0.25, 0.3) is 0 Å². The normalized spacial score (nSPS) is 9.71. The third-order valence-corrected chi connectivity index (χ3v) is 2.71. The van der Waals surface area contributed by atoms with Crippen molar-refractivity contribution >= 4 is 11.6 Å². The summed E-state index contributed by atoms with van der Waals surface area (Å²) in [7, 11) is 0. The third-order valence-electron chi connectivity index (χ3n) is 2.71. The lowest BCUT2D eigenvalue weighted by atomic mass is 10.2. The van der Waals surface area contributed by atoms with Gasteiger partial charge in [0.2, 0.25) is 10.0 Å². The fourth-order valence-corrected chi connectivity index (χ4v) is 1.56. The lowest BCUT2D eigenvalue weighted by molar-refractivity contribution is 0.0992. The maximum Gasteiger partial charge on any atom is 0.360 e. The Bertz CT molecular complexity index is 737. The first kappa shape index (κ1) is 14.2. The molecule has 7 nitrogen and oxygen atoms in total.